The van der Waals surface area contributed by atoms with Crippen LogP contribution in [0.1, 0.15) is 29.3 Å². The molecule has 0 radical (unpaired) electrons. The van der Waals surface area contributed by atoms with Gasteiger partial charge in [-0.25, -0.2) is 9.78 Å². The molecule has 0 unspecified atom stereocenters. The van der Waals surface area contributed by atoms with Gasteiger partial charge in [0.2, 0.25) is 0 Å². The molecule has 2 N–H and O–H groups in total. The molecule has 0 saturated carbocycles. The molecule has 0 atom stereocenters. The Hall–Kier alpha value is -4.31. The maximum absolute atomic E-state index is 13.5. The quantitative estimate of drug-likeness (QED) is 0.325. The molecule has 4 rings (SSSR count). The van der Waals surface area contributed by atoms with Crippen molar-refractivity contribution in [3.8, 4) is 6.01 Å². The van der Waals surface area contributed by atoms with Gasteiger partial charge in [-0.3, -0.25) is 0 Å². The van der Waals surface area contributed by atoms with Crippen LogP contribution in [0, 0.1) is 0 Å². The molecule has 2 aromatic heterocycles. The highest BCUT2D eigenvalue weighted by Crippen LogP contribution is 2.37. The maximum atomic E-state index is 13.5. The summed E-state index contributed by atoms with van der Waals surface area (Å²) in [7, 11) is 0. The lowest BCUT2D eigenvalue weighted by Crippen LogP contribution is -2.29. The summed E-state index contributed by atoms with van der Waals surface area (Å²) in [5.41, 5.74) is -0.00193. The monoisotopic (exact) mass is 611 g/mol. The lowest BCUT2D eigenvalue weighted by atomic mass is 10.1. The second kappa shape index (κ2) is 12.7. The van der Waals surface area contributed by atoms with Gasteiger partial charge in [0.15, 0.2) is 0 Å². The molecular formula is C25H22F9N5O3. The molecule has 1 aliphatic rings. The van der Waals surface area contributed by atoms with Gasteiger partial charge in [0, 0.05) is 37.0 Å². The van der Waals surface area contributed by atoms with E-state index < -0.39 is 35.6 Å². The van der Waals surface area contributed by atoms with E-state index in [1.807, 2.05) is 0 Å². The maximum Gasteiger partial charge on any atom is 0.490 e. The Bertz CT molecular complexity index is 1380. The molecule has 3 heterocycles. The number of pyridine rings is 1. The first-order valence-electron chi connectivity index (χ1n) is 12.0. The summed E-state index contributed by atoms with van der Waals surface area (Å²) in [6.07, 6.45) is -12.2. The van der Waals surface area contributed by atoms with E-state index in [-0.39, 0.29) is 31.5 Å². The number of nitrogens with zero attached hydrogens (tertiary/aromatic N) is 4. The van der Waals surface area contributed by atoms with Gasteiger partial charge in [-0.2, -0.15) is 49.5 Å². The van der Waals surface area contributed by atoms with Crippen molar-refractivity contribution >= 4 is 23.3 Å². The zero-order chi connectivity index (χ0) is 31.3. The first-order valence-corrected chi connectivity index (χ1v) is 12.0. The van der Waals surface area contributed by atoms with Crippen LogP contribution in [0.15, 0.2) is 42.6 Å². The zero-order valence-electron chi connectivity index (χ0n) is 21.5. The highest BCUT2D eigenvalue weighted by molar-refractivity contribution is 5.73. The van der Waals surface area contributed by atoms with E-state index in [9.17, 15) is 39.5 Å². The third kappa shape index (κ3) is 8.36. The minimum atomic E-state index is -5.08. The zero-order valence-corrected chi connectivity index (χ0v) is 21.5. The van der Waals surface area contributed by atoms with Crippen LogP contribution in [-0.4, -0.2) is 51.9 Å². The van der Waals surface area contributed by atoms with E-state index >= 15 is 0 Å². The van der Waals surface area contributed by atoms with Crippen LogP contribution in [-0.2, 0) is 30.0 Å². The van der Waals surface area contributed by atoms with Crippen molar-refractivity contribution in [1.82, 2.24) is 15.0 Å². The number of fused-ring (bicyclic) bond motifs is 1. The number of halogens is 9. The van der Waals surface area contributed by atoms with E-state index in [1.54, 1.807) is 11.8 Å². The molecule has 8 nitrogen and oxygen atoms in total. The highest BCUT2D eigenvalue weighted by Gasteiger charge is 2.38. The van der Waals surface area contributed by atoms with Crippen LogP contribution in [0.2, 0.25) is 0 Å². The summed E-state index contributed by atoms with van der Waals surface area (Å²) >= 11 is 0. The van der Waals surface area contributed by atoms with Gasteiger partial charge in [0.1, 0.15) is 11.6 Å². The van der Waals surface area contributed by atoms with Crippen LogP contribution in [0.5, 0.6) is 6.01 Å². The predicted octanol–water partition coefficient (Wildman–Crippen LogP) is 6.29. The van der Waals surface area contributed by atoms with E-state index in [4.69, 9.17) is 14.6 Å². The van der Waals surface area contributed by atoms with Crippen molar-refractivity contribution in [3.05, 3.63) is 65.0 Å². The number of rotatable bonds is 5. The molecule has 1 aliphatic heterocycles. The summed E-state index contributed by atoms with van der Waals surface area (Å²) < 4.78 is 116. The Morgan fingerprint density at radius 3 is 2.12 bits per heavy atom. The molecule has 17 heteroatoms. The molecule has 228 valence electrons. The average molecular weight is 611 g/mol. The number of aliphatic carboxylic acids is 1. The topological polar surface area (TPSA) is 100 Å². The molecule has 0 amide bonds. The third-order valence-electron chi connectivity index (χ3n) is 5.71. The van der Waals surface area contributed by atoms with Gasteiger partial charge >= 0.3 is 30.5 Å². The van der Waals surface area contributed by atoms with Crippen LogP contribution >= 0.6 is 0 Å². The van der Waals surface area contributed by atoms with Gasteiger partial charge in [-0.15, -0.1) is 0 Å². The van der Waals surface area contributed by atoms with Gasteiger partial charge in [0.05, 0.1) is 23.4 Å². The highest BCUT2D eigenvalue weighted by atomic mass is 19.4. The Labute approximate surface area is 232 Å². The molecule has 0 bridgehead atoms. The lowest BCUT2D eigenvalue weighted by molar-refractivity contribution is -0.192. The lowest BCUT2D eigenvalue weighted by Gasteiger charge is -2.24. The fourth-order valence-electron chi connectivity index (χ4n) is 3.83. The smallest absolute Gasteiger partial charge is 0.475 e. The average Bonchev–Trinajstić information content (AvgIpc) is 3.11. The third-order valence-corrected chi connectivity index (χ3v) is 5.71. The standard InChI is InChI=1S/C23H21F6N5O.C2HF3O2/c1-2-35-21-32-18-10-13-34(20-17(23(27,28)29)4-3-11-30-20)12-9-16(18)19(33-21)31-15-7-5-14(6-8-15)22(24,25)26;3-2(4,5)1(6)7/h3-8,11H,2,9-10,12-13H2,1H3,(H,31,32,33);(H,6,7). The van der Waals surface area contributed by atoms with E-state index in [1.165, 1.54) is 24.4 Å². The van der Waals surface area contributed by atoms with Crippen molar-refractivity contribution in [2.45, 2.75) is 38.3 Å². The molecule has 3 aromatic rings. The summed E-state index contributed by atoms with van der Waals surface area (Å²) in [5.74, 6) is -2.59. The van der Waals surface area contributed by atoms with Gasteiger partial charge in [-0.05, 0) is 49.7 Å². The number of alkyl halides is 9. The fourth-order valence-corrected chi connectivity index (χ4v) is 3.83. The molecule has 0 aliphatic carbocycles. The van der Waals surface area contributed by atoms with Crippen LogP contribution < -0.4 is 15.0 Å². The molecule has 0 saturated heterocycles. The first-order chi connectivity index (χ1) is 19.5. The number of nitrogens with one attached hydrogen (secondary N) is 1. The Morgan fingerprint density at radius 1 is 0.952 bits per heavy atom. The van der Waals surface area contributed by atoms with Gasteiger partial charge < -0.3 is 20.1 Å². The molecule has 0 fully saturated rings. The number of anilines is 3. The van der Waals surface area contributed by atoms with Gasteiger partial charge in [-0.1, -0.05) is 0 Å². The summed E-state index contributed by atoms with van der Waals surface area (Å²) in [6.45, 7) is 2.48. The number of carbonyl (C=O) groups is 1. The molecule has 0 spiro atoms. The van der Waals surface area contributed by atoms with Gasteiger partial charge in [0.25, 0.3) is 0 Å². The minimum Gasteiger partial charge on any atom is -0.475 e. The van der Waals surface area contributed by atoms with Crippen LogP contribution in [0.25, 0.3) is 0 Å². The summed E-state index contributed by atoms with van der Waals surface area (Å²) in [4.78, 5) is 23.2. The Morgan fingerprint density at radius 2 is 1.57 bits per heavy atom. The van der Waals surface area contributed by atoms with Crippen molar-refractivity contribution in [1.29, 1.82) is 0 Å². The first kappa shape index (κ1) is 32.2. The predicted molar refractivity (Wildman–Crippen MR) is 130 cm³/mol. The van der Waals surface area contributed by atoms with Crippen molar-refractivity contribution < 1.29 is 54.2 Å². The molecular weight excluding hydrogens is 589 g/mol. The summed E-state index contributed by atoms with van der Waals surface area (Å²) in [5, 5.41) is 10.1. The second-order valence-corrected chi connectivity index (χ2v) is 8.58. The van der Waals surface area contributed by atoms with Crippen molar-refractivity contribution in [3.63, 3.8) is 0 Å². The van der Waals surface area contributed by atoms with Crippen molar-refractivity contribution in [2.24, 2.45) is 0 Å². The Balaban J connectivity index is 0.000000616. The number of ether oxygens (including phenoxy) is 1. The van der Waals surface area contributed by atoms with Crippen LogP contribution in [0.4, 0.5) is 56.8 Å². The number of carboxylic acids is 1. The largest absolute Gasteiger partial charge is 0.490 e. The fraction of sp³-hybridized carbons (Fsp3) is 0.360. The SMILES string of the molecule is CCOc1nc2c(c(Nc3ccc(C(F)(F)F)cc3)n1)CCN(c1ncccc1C(F)(F)F)CC2.O=C(O)C(F)(F)F. The normalized spacial score (nSPS) is 13.8. The van der Waals surface area contributed by atoms with Crippen LogP contribution in [0.3, 0.4) is 0 Å². The number of aromatic nitrogens is 3. The number of benzene rings is 1. The minimum absolute atomic E-state index is 0.0722. The van der Waals surface area contributed by atoms with E-state index in [2.05, 4.69) is 20.3 Å². The van der Waals surface area contributed by atoms with E-state index in [0.717, 1.165) is 18.2 Å². The Kier molecular flexibility index (Phi) is 9.73. The number of hydrogen-bond donors (Lipinski definition) is 2. The molecule has 1 aromatic carbocycles. The van der Waals surface area contributed by atoms with E-state index in [0.29, 0.717) is 35.6 Å². The molecule has 42 heavy (non-hydrogen) atoms. The summed E-state index contributed by atoms with van der Waals surface area (Å²) in [6, 6.07) is 6.77. The van der Waals surface area contributed by atoms with Crippen molar-refractivity contribution in [2.75, 3.05) is 29.9 Å². The second-order valence-electron chi connectivity index (χ2n) is 8.58. The number of carboxylic acid groups (broad SMARTS) is 1. The number of hydrogen-bond acceptors (Lipinski definition) is 7.